The van der Waals surface area contributed by atoms with E-state index >= 15 is 0 Å². The Morgan fingerprint density at radius 2 is 1.59 bits per heavy atom. The number of aromatic nitrogens is 1. The fraction of sp³-hybridized carbons (Fsp3) is 0.105. The van der Waals surface area contributed by atoms with Crippen molar-refractivity contribution in [1.29, 1.82) is 0 Å². The molecule has 0 unspecified atom stereocenters. The Hall–Kier alpha value is -3.11. The maximum absolute atomic E-state index is 12.6. The van der Waals surface area contributed by atoms with Crippen LogP contribution in [0.25, 0.3) is 0 Å². The second-order valence-corrected chi connectivity index (χ2v) is 9.42. The molecule has 8 nitrogen and oxygen atoms in total. The molecule has 0 fully saturated rings. The van der Waals surface area contributed by atoms with Gasteiger partial charge in [-0.3, -0.25) is 4.72 Å². The van der Waals surface area contributed by atoms with Gasteiger partial charge in [0.1, 0.15) is 4.90 Å². The number of esters is 1. The average Bonchev–Trinajstić information content (AvgIpc) is 3.21. The molecule has 0 saturated carbocycles. The van der Waals surface area contributed by atoms with E-state index in [1.54, 1.807) is 25.1 Å². The SMILES string of the molecule is CCOC(=O)c1ccc(NS(=O)(=O)c2ccn(S(=O)(=O)c3ccccc3)c2)cc1. The second-order valence-electron chi connectivity index (χ2n) is 5.90. The highest BCUT2D eigenvalue weighted by Crippen LogP contribution is 2.20. The first-order valence-electron chi connectivity index (χ1n) is 8.52. The Bertz CT molecular complexity index is 1220. The lowest BCUT2D eigenvalue weighted by Gasteiger charge is -2.08. The summed E-state index contributed by atoms with van der Waals surface area (Å²) in [7, 11) is -7.93. The molecule has 0 saturated heterocycles. The van der Waals surface area contributed by atoms with Crippen LogP contribution in [-0.2, 0) is 24.8 Å². The van der Waals surface area contributed by atoms with Crippen LogP contribution in [0.1, 0.15) is 17.3 Å². The Balaban J connectivity index is 1.82. The highest BCUT2D eigenvalue weighted by atomic mass is 32.2. The normalized spacial score (nSPS) is 11.8. The molecule has 0 atom stereocenters. The summed E-state index contributed by atoms with van der Waals surface area (Å²) in [4.78, 5) is 11.5. The van der Waals surface area contributed by atoms with Crippen LogP contribution in [0.2, 0.25) is 0 Å². The zero-order valence-corrected chi connectivity index (χ0v) is 17.0. The molecular formula is C19H18N2O6S2. The monoisotopic (exact) mass is 434 g/mol. The van der Waals surface area contributed by atoms with Gasteiger partial charge in [-0.1, -0.05) is 18.2 Å². The topological polar surface area (TPSA) is 112 Å². The lowest BCUT2D eigenvalue weighted by atomic mass is 10.2. The van der Waals surface area contributed by atoms with Crippen LogP contribution in [0.3, 0.4) is 0 Å². The maximum Gasteiger partial charge on any atom is 0.338 e. The number of benzene rings is 2. The summed E-state index contributed by atoms with van der Waals surface area (Å²) in [5, 5.41) is 0. The average molecular weight is 434 g/mol. The largest absolute Gasteiger partial charge is 0.462 e. The fourth-order valence-electron chi connectivity index (χ4n) is 2.48. The quantitative estimate of drug-likeness (QED) is 0.572. The number of carbonyl (C=O) groups excluding carboxylic acids is 1. The third-order valence-electron chi connectivity index (χ3n) is 3.92. The molecule has 29 heavy (non-hydrogen) atoms. The summed E-state index contributed by atoms with van der Waals surface area (Å²) in [6, 6.07) is 14.6. The Kier molecular flexibility index (Phi) is 5.76. The molecule has 3 rings (SSSR count). The van der Waals surface area contributed by atoms with Crippen LogP contribution in [0.15, 0.2) is 82.8 Å². The van der Waals surface area contributed by atoms with Crippen LogP contribution in [0.5, 0.6) is 0 Å². The zero-order valence-electron chi connectivity index (χ0n) is 15.3. The molecule has 0 aliphatic heterocycles. The van der Waals surface area contributed by atoms with E-state index in [2.05, 4.69) is 4.72 Å². The van der Waals surface area contributed by atoms with Crippen LogP contribution >= 0.6 is 0 Å². The predicted molar refractivity (Wildman–Crippen MR) is 107 cm³/mol. The van der Waals surface area contributed by atoms with Gasteiger partial charge in [0.15, 0.2) is 0 Å². The van der Waals surface area contributed by atoms with Crippen molar-refractivity contribution in [2.24, 2.45) is 0 Å². The van der Waals surface area contributed by atoms with Gasteiger partial charge in [-0.05, 0) is 49.4 Å². The van der Waals surface area contributed by atoms with Gasteiger partial charge in [-0.25, -0.2) is 25.6 Å². The van der Waals surface area contributed by atoms with E-state index in [1.807, 2.05) is 0 Å². The molecule has 1 N–H and O–H groups in total. The van der Waals surface area contributed by atoms with Gasteiger partial charge >= 0.3 is 5.97 Å². The van der Waals surface area contributed by atoms with E-state index in [-0.39, 0.29) is 27.6 Å². The molecule has 1 heterocycles. The van der Waals surface area contributed by atoms with Crippen LogP contribution < -0.4 is 4.72 Å². The van der Waals surface area contributed by atoms with Gasteiger partial charge in [-0.2, -0.15) is 0 Å². The number of rotatable bonds is 7. The fourth-order valence-corrected chi connectivity index (χ4v) is 4.83. The summed E-state index contributed by atoms with van der Waals surface area (Å²) >= 11 is 0. The first-order chi connectivity index (χ1) is 13.7. The number of sulfonamides is 1. The van der Waals surface area contributed by atoms with Crippen molar-refractivity contribution in [3.8, 4) is 0 Å². The third-order valence-corrected chi connectivity index (χ3v) is 6.93. The van der Waals surface area contributed by atoms with Crippen molar-refractivity contribution in [3.05, 3.63) is 78.6 Å². The summed E-state index contributed by atoms with van der Waals surface area (Å²) < 4.78 is 58.4. The zero-order chi connectivity index (χ0) is 21.1. The van der Waals surface area contributed by atoms with E-state index in [0.717, 1.165) is 10.2 Å². The van der Waals surface area contributed by atoms with Gasteiger partial charge in [-0.15, -0.1) is 0 Å². The van der Waals surface area contributed by atoms with Crippen molar-refractivity contribution in [1.82, 2.24) is 3.97 Å². The molecule has 152 valence electrons. The molecule has 1 aromatic heterocycles. The first-order valence-corrected chi connectivity index (χ1v) is 11.4. The van der Waals surface area contributed by atoms with Crippen LogP contribution in [0, 0.1) is 0 Å². The minimum atomic E-state index is -4.03. The van der Waals surface area contributed by atoms with Crippen molar-refractivity contribution in [2.75, 3.05) is 11.3 Å². The molecule has 0 amide bonds. The van der Waals surface area contributed by atoms with E-state index in [0.29, 0.717) is 0 Å². The van der Waals surface area contributed by atoms with Gasteiger partial charge in [0.05, 0.1) is 17.1 Å². The molecule has 0 spiro atoms. The van der Waals surface area contributed by atoms with Gasteiger partial charge in [0.2, 0.25) is 0 Å². The molecule has 3 aromatic rings. The maximum atomic E-state index is 12.6. The van der Waals surface area contributed by atoms with Gasteiger partial charge in [0.25, 0.3) is 20.0 Å². The van der Waals surface area contributed by atoms with E-state index < -0.39 is 26.0 Å². The van der Waals surface area contributed by atoms with Gasteiger partial charge < -0.3 is 4.74 Å². The van der Waals surface area contributed by atoms with E-state index in [9.17, 15) is 21.6 Å². The van der Waals surface area contributed by atoms with E-state index in [1.165, 1.54) is 48.7 Å². The first kappa shape index (κ1) is 20.6. The summed E-state index contributed by atoms with van der Waals surface area (Å²) in [6.07, 6.45) is 2.19. The lowest BCUT2D eigenvalue weighted by molar-refractivity contribution is 0.0526. The number of anilines is 1. The molecule has 0 radical (unpaired) electrons. The molecule has 0 bridgehead atoms. The van der Waals surface area contributed by atoms with Crippen LogP contribution in [-0.4, -0.2) is 33.4 Å². The molecule has 0 aliphatic carbocycles. The van der Waals surface area contributed by atoms with Crippen molar-refractivity contribution in [3.63, 3.8) is 0 Å². The predicted octanol–water partition coefficient (Wildman–Crippen LogP) is 2.70. The van der Waals surface area contributed by atoms with Crippen LogP contribution in [0.4, 0.5) is 5.69 Å². The lowest BCUT2D eigenvalue weighted by Crippen LogP contribution is -2.14. The van der Waals surface area contributed by atoms with Gasteiger partial charge in [0, 0.05) is 18.1 Å². The highest BCUT2D eigenvalue weighted by molar-refractivity contribution is 7.93. The second kappa shape index (κ2) is 8.10. The number of carbonyl (C=O) groups is 1. The van der Waals surface area contributed by atoms with Crippen molar-refractivity contribution in [2.45, 2.75) is 16.7 Å². The summed E-state index contributed by atoms with van der Waals surface area (Å²) in [6.45, 7) is 1.92. The number of hydrogen-bond acceptors (Lipinski definition) is 6. The number of ether oxygens (including phenoxy) is 1. The van der Waals surface area contributed by atoms with Crippen molar-refractivity contribution >= 4 is 31.7 Å². The Morgan fingerprint density at radius 3 is 2.21 bits per heavy atom. The molecule has 0 aliphatic rings. The minimum absolute atomic E-state index is 0.0436. The molecular weight excluding hydrogens is 416 g/mol. The summed E-state index contributed by atoms with van der Waals surface area (Å²) in [5.41, 5.74) is 0.506. The third kappa shape index (κ3) is 4.49. The van der Waals surface area contributed by atoms with E-state index in [4.69, 9.17) is 4.74 Å². The standard InChI is InChI=1S/C19H18N2O6S2/c1-2-27-19(22)15-8-10-16(11-9-15)20-28(23,24)18-12-13-21(14-18)29(25,26)17-6-4-3-5-7-17/h3-14,20H,2H2,1H3. The molecule has 10 heteroatoms. The van der Waals surface area contributed by atoms with Crippen molar-refractivity contribution < 1.29 is 26.4 Å². The Labute approximate surface area is 168 Å². The number of nitrogens with one attached hydrogen (secondary N) is 1. The summed E-state index contributed by atoms with van der Waals surface area (Å²) in [5.74, 6) is -0.509. The number of nitrogens with zero attached hydrogens (tertiary/aromatic N) is 1. The highest BCUT2D eigenvalue weighted by Gasteiger charge is 2.21. The number of hydrogen-bond donors (Lipinski definition) is 1. The minimum Gasteiger partial charge on any atom is -0.462 e. The Morgan fingerprint density at radius 1 is 0.931 bits per heavy atom. The smallest absolute Gasteiger partial charge is 0.338 e. The molecule has 2 aromatic carbocycles.